The summed E-state index contributed by atoms with van der Waals surface area (Å²) in [6.07, 6.45) is 8.00. The maximum atomic E-state index is 10.2. The van der Waals surface area contributed by atoms with Crippen LogP contribution in [0.15, 0.2) is 0 Å². The van der Waals surface area contributed by atoms with E-state index in [4.69, 9.17) is 4.74 Å². The average molecular weight is 198 g/mol. The van der Waals surface area contributed by atoms with Crippen LogP contribution in [-0.4, -0.2) is 22.4 Å². The monoisotopic (exact) mass is 198 g/mol. The zero-order valence-electron chi connectivity index (χ0n) is 9.38. The number of hydrogen-bond donors (Lipinski definition) is 1. The quantitative estimate of drug-likeness (QED) is 0.648. The number of ether oxygens (including phenoxy) is 1. The van der Waals surface area contributed by atoms with Gasteiger partial charge in [-0.05, 0) is 26.7 Å². The highest BCUT2D eigenvalue weighted by atomic mass is 16.5. The third-order valence-corrected chi connectivity index (χ3v) is 3.65. The van der Waals surface area contributed by atoms with Crippen molar-refractivity contribution in [3.63, 3.8) is 0 Å². The summed E-state index contributed by atoms with van der Waals surface area (Å²) in [6, 6.07) is 0. The molecule has 82 valence electrons. The van der Waals surface area contributed by atoms with Crippen molar-refractivity contribution in [2.45, 2.75) is 76.1 Å². The highest BCUT2D eigenvalue weighted by Crippen LogP contribution is 2.43. The number of rotatable bonds is 0. The molecule has 1 N–H and O–H groups in total. The second-order valence-electron chi connectivity index (χ2n) is 5.55. The van der Waals surface area contributed by atoms with Gasteiger partial charge in [-0.2, -0.15) is 0 Å². The maximum absolute atomic E-state index is 10.2. The van der Waals surface area contributed by atoms with E-state index in [0.29, 0.717) is 0 Å². The largest absolute Gasteiger partial charge is 0.390 e. The van der Waals surface area contributed by atoms with E-state index in [-0.39, 0.29) is 11.7 Å². The summed E-state index contributed by atoms with van der Waals surface area (Å²) in [4.78, 5) is 0. The van der Waals surface area contributed by atoms with Gasteiger partial charge in [-0.15, -0.1) is 0 Å². The first-order valence-electron chi connectivity index (χ1n) is 5.92. The van der Waals surface area contributed by atoms with Crippen molar-refractivity contribution in [2.75, 3.05) is 0 Å². The molecule has 1 heterocycles. The van der Waals surface area contributed by atoms with Gasteiger partial charge in [0, 0.05) is 12.8 Å². The van der Waals surface area contributed by atoms with E-state index in [1.54, 1.807) is 0 Å². The Labute approximate surface area is 86.6 Å². The lowest BCUT2D eigenvalue weighted by atomic mass is 9.73. The summed E-state index contributed by atoms with van der Waals surface area (Å²) in [7, 11) is 0. The first kappa shape index (κ1) is 10.4. The molecule has 1 aliphatic heterocycles. The van der Waals surface area contributed by atoms with Crippen molar-refractivity contribution in [3.8, 4) is 0 Å². The standard InChI is InChI=1S/C12H22O2/c1-10-8-11(2,13)9-12(14-10)6-4-3-5-7-12/h10,13H,3-9H2,1-2H3. The van der Waals surface area contributed by atoms with E-state index in [0.717, 1.165) is 25.7 Å². The predicted molar refractivity (Wildman–Crippen MR) is 56.2 cm³/mol. The Kier molecular flexibility index (Phi) is 2.61. The molecule has 2 heteroatoms. The minimum Gasteiger partial charge on any atom is -0.390 e. The molecule has 2 fully saturated rings. The van der Waals surface area contributed by atoms with Crippen LogP contribution in [0.5, 0.6) is 0 Å². The SMILES string of the molecule is CC1CC(C)(O)CC2(CCCCC2)O1. The highest BCUT2D eigenvalue weighted by molar-refractivity contribution is 4.96. The normalized spacial score (nSPS) is 42.6. The molecule has 2 unspecified atom stereocenters. The fraction of sp³-hybridized carbons (Fsp3) is 1.00. The molecule has 0 aromatic rings. The topological polar surface area (TPSA) is 29.5 Å². The molecular weight excluding hydrogens is 176 g/mol. The van der Waals surface area contributed by atoms with E-state index in [1.165, 1.54) is 19.3 Å². The van der Waals surface area contributed by atoms with Crippen LogP contribution in [-0.2, 0) is 4.74 Å². The van der Waals surface area contributed by atoms with Crippen LogP contribution >= 0.6 is 0 Å². The van der Waals surface area contributed by atoms with Crippen molar-refractivity contribution in [1.82, 2.24) is 0 Å². The Balaban J connectivity index is 2.10. The summed E-state index contributed by atoms with van der Waals surface area (Å²) in [6.45, 7) is 4.05. The Morgan fingerprint density at radius 1 is 1.21 bits per heavy atom. The van der Waals surface area contributed by atoms with Gasteiger partial charge < -0.3 is 9.84 Å². The second-order valence-corrected chi connectivity index (χ2v) is 5.55. The third-order valence-electron chi connectivity index (χ3n) is 3.65. The van der Waals surface area contributed by atoms with Crippen LogP contribution in [0.25, 0.3) is 0 Å². The first-order chi connectivity index (χ1) is 6.52. The van der Waals surface area contributed by atoms with Gasteiger partial charge in [0.05, 0.1) is 17.3 Å². The van der Waals surface area contributed by atoms with E-state index in [2.05, 4.69) is 6.92 Å². The second kappa shape index (κ2) is 3.49. The van der Waals surface area contributed by atoms with E-state index >= 15 is 0 Å². The lowest BCUT2D eigenvalue weighted by molar-refractivity contribution is -0.198. The van der Waals surface area contributed by atoms with E-state index in [9.17, 15) is 5.11 Å². The Bertz CT molecular complexity index is 204. The van der Waals surface area contributed by atoms with Crippen LogP contribution < -0.4 is 0 Å². The smallest absolute Gasteiger partial charge is 0.0713 e. The van der Waals surface area contributed by atoms with Crippen LogP contribution in [0, 0.1) is 0 Å². The number of aliphatic hydroxyl groups is 1. The lowest BCUT2D eigenvalue weighted by Gasteiger charge is -2.48. The zero-order valence-corrected chi connectivity index (χ0v) is 9.38. The van der Waals surface area contributed by atoms with Crippen LogP contribution in [0.4, 0.5) is 0 Å². The first-order valence-corrected chi connectivity index (χ1v) is 5.92. The van der Waals surface area contributed by atoms with Crippen molar-refractivity contribution in [2.24, 2.45) is 0 Å². The zero-order chi connectivity index (χ0) is 10.2. The molecule has 14 heavy (non-hydrogen) atoms. The van der Waals surface area contributed by atoms with Gasteiger partial charge >= 0.3 is 0 Å². The molecule has 1 saturated carbocycles. The molecule has 0 radical (unpaired) electrons. The van der Waals surface area contributed by atoms with Crippen molar-refractivity contribution >= 4 is 0 Å². The van der Waals surface area contributed by atoms with Crippen LogP contribution in [0.1, 0.15) is 58.8 Å². The fourth-order valence-electron chi connectivity index (χ4n) is 3.39. The number of hydrogen-bond acceptors (Lipinski definition) is 2. The van der Waals surface area contributed by atoms with Gasteiger partial charge in [-0.25, -0.2) is 0 Å². The van der Waals surface area contributed by atoms with E-state index < -0.39 is 5.60 Å². The molecule has 2 aliphatic rings. The average Bonchev–Trinajstić information content (AvgIpc) is 2.00. The Hall–Kier alpha value is -0.0800. The summed E-state index contributed by atoms with van der Waals surface area (Å²) < 4.78 is 6.09. The summed E-state index contributed by atoms with van der Waals surface area (Å²) in [5.41, 5.74) is -0.492. The van der Waals surface area contributed by atoms with Gasteiger partial charge in [0.15, 0.2) is 0 Å². The molecule has 0 amide bonds. The third kappa shape index (κ3) is 2.12. The van der Waals surface area contributed by atoms with Gasteiger partial charge in [-0.3, -0.25) is 0 Å². The molecule has 2 atom stereocenters. The van der Waals surface area contributed by atoms with Gasteiger partial charge in [0.2, 0.25) is 0 Å². The minimum absolute atomic E-state index is 0.0133. The maximum Gasteiger partial charge on any atom is 0.0713 e. The summed E-state index contributed by atoms with van der Waals surface area (Å²) in [5.74, 6) is 0. The van der Waals surface area contributed by atoms with Crippen molar-refractivity contribution in [1.29, 1.82) is 0 Å². The van der Waals surface area contributed by atoms with Gasteiger partial charge in [0.25, 0.3) is 0 Å². The van der Waals surface area contributed by atoms with Crippen molar-refractivity contribution in [3.05, 3.63) is 0 Å². The molecule has 0 aromatic carbocycles. The van der Waals surface area contributed by atoms with Gasteiger partial charge in [-0.1, -0.05) is 19.3 Å². The molecule has 2 nitrogen and oxygen atoms in total. The van der Waals surface area contributed by atoms with E-state index in [1.807, 2.05) is 6.92 Å². The fourth-order valence-corrected chi connectivity index (χ4v) is 3.39. The minimum atomic E-state index is -0.505. The summed E-state index contributed by atoms with van der Waals surface area (Å²) >= 11 is 0. The van der Waals surface area contributed by atoms with Crippen molar-refractivity contribution < 1.29 is 9.84 Å². The molecule has 0 bridgehead atoms. The molecule has 1 aliphatic carbocycles. The molecule has 0 aromatic heterocycles. The van der Waals surface area contributed by atoms with Gasteiger partial charge in [0.1, 0.15) is 0 Å². The van der Waals surface area contributed by atoms with Crippen LogP contribution in [0.3, 0.4) is 0 Å². The van der Waals surface area contributed by atoms with Crippen LogP contribution in [0.2, 0.25) is 0 Å². The Morgan fingerprint density at radius 3 is 2.43 bits per heavy atom. The molecule has 1 saturated heterocycles. The highest BCUT2D eigenvalue weighted by Gasteiger charge is 2.45. The summed E-state index contributed by atoms with van der Waals surface area (Å²) in [5, 5.41) is 10.2. The molecule has 1 spiro atoms. The molecule has 2 rings (SSSR count). The predicted octanol–water partition coefficient (Wildman–Crippen LogP) is 2.64. The Morgan fingerprint density at radius 2 is 1.86 bits per heavy atom. The molecular formula is C12H22O2. The lowest BCUT2D eigenvalue weighted by Crippen LogP contribution is -2.51.